The Labute approximate surface area is 77.8 Å². The number of hydrogen-bond donors (Lipinski definition) is 1. The average Bonchev–Trinajstić information content (AvgIpc) is 2.03. The molecule has 1 N–H and O–H groups in total. The van der Waals surface area contributed by atoms with Crippen LogP contribution in [0.5, 0.6) is 0 Å². The molecule has 0 bridgehead atoms. The van der Waals surface area contributed by atoms with Gasteiger partial charge in [-0.25, -0.2) is 4.39 Å². The minimum absolute atomic E-state index is 0.124. The van der Waals surface area contributed by atoms with Gasteiger partial charge in [-0.1, -0.05) is 12.1 Å². The van der Waals surface area contributed by atoms with E-state index < -0.39 is 17.3 Å². The van der Waals surface area contributed by atoms with E-state index in [2.05, 4.69) is 11.6 Å². The first-order chi connectivity index (χ1) is 5.91. The third kappa shape index (κ3) is 2.60. The molecule has 72 valence electrons. The zero-order valence-electron chi connectivity index (χ0n) is 6.35. The van der Waals surface area contributed by atoms with Crippen LogP contribution in [0.2, 0.25) is 0 Å². The predicted octanol–water partition coefficient (Wildman–Crippen LogP) is 2.69. The van der Waals surface area contributed by atoms with Gasteiger partial charge < -0.3 is 5.11 Å². The van der Waals surface area contributed by atoms with E-state index in [0.29, 0.717) is 0 Å². The number of alkyl halides is 3. The van der Waals surface area contributed by atoms with E-state index in [1.165, 1.54) is 0 Å². The fourth-order valence-electron chi connectivity index (χ4n) is 0.834. The summed E-state index contributed by atoms with van der Waals surface area (Å²) in [7, 11) is 0. The molecule has 0 aliphatic rings. The van der Waals surface area contributed by atoms with Gasteiger partial charge in [0, 0.05) is 0 Å². The Balaban J connectivity index is 2.90. The lowest BCUT2D eigenvalue weighted by atomic mass is 10.1. The highest BCUT2D eigenvalue weighted by atomic mass is 35.5. The summed E-state index contributed by atoms with van der Waals surface area (Å²) in [5.41, 5.74) is -0.124. The summed E-state index contributed by atoms with van der Waals surface area (Å²) in [4.78, 5) is 0. The van der Waals surface area contributed by atoms with Crippen molar-refractivity contribution in [2.45, 2.75) is 11.5 Å². The van der Waals surface area contributed by atoms with Gasteiger partial charge in [0.15, 0.2) is 6.10 Å². The first-order valence-electron chi connectivity index (χ1n) is 3.41. The molecule has 1 aromatic rings. The second-order valence-corrected chi connectivity index (χ2v) is 3.00. The van der Waals surface area contributed by atoms with Crippen LogP contribution in [0, 0.1) is 5.82 Å². The summed E-state index contributed by atoms with van der Waals surface area (Å²) in [6, 6.07) is 4.05. The van der Waals surface area contributed by atoms with Gasteiger partial charge in [-0.05, 0) is 29.3 Å². The third-order valence-corrected chi connectivity index (χ3v) is 1.70. The van der Waals surface area contributed by atoms with Crippen LogP contribution >= 0.6 is 11.6 Å². The van der Waals surface area contributed by atoms with Crippen LogP contribution in [0.25, 0.3) is 0 Å². The molecular weight excluding hydrogens is 205 g/mol. The zero-order valence-corrected chi connectivity index (χ0v) is 7.10. The molecule has 0 spiro atoms. The molecule has 1 unspecified atom stereocenters. The minimum Gasteiger partial charge on any atom is -0.381 e. The molecule has 0 amide bonds. The second kappa shape index (κ2) is 3.55. The van der Waals surface area contributed by atoms with Crippen LogP contribution in [0.15, 0.2) is 24.3 Å². The van der Waals surface area contributed by atoms with Crippen molar-refractivity contribution in [2.75, 3.05) is 0 Å². The van der Waals surface area contributed by atoms with Crippen molar-refractivity contribution in [3.63, 3.8) is 0 Å². The lowest BCUT2D eigenvalue weighted by molar-refractivity contribution is -0.0424. The summed E-state index contributed by atoms with van der Waals surface area (Å²) in [6.07, 6.45) is -2.12. The Morgan fingerprint density at radius 2 is 1.69 bits per heavy atom. The van der Waals surface area contributed by atoms with E-state index in [1.54, 1.807) is 0 Å². The molecule has 0 fully saturated rings. The molecule has 0 aliphatic carbocycles. The van der Waals surface area contributed by atoms with Crippen LogP contribution in [0.3, 0.4) is 0 Å². The molecule has 1 aromatic carbocycles. The number of halogens is 4. The molecule has 0 aliphatic heterocycles. The molecule has 5 heteroatoms. The second-order valence-electron chi connectivity index (χ2n) is 2.50. The Hall–Kier alpha value is -0.740. The predicted molar refractivity (Wildman–Crippen MR) is 42.2 cm³/mol. The third-order valence-electron chi connectivity index (χ3n) is 1.50. The molecule has 1 atom stereocenters. The number of rotatable bonds is 2. The number of hydrogen-bond acceptors (Lipinski definition) is 1. The van der Waals surface area contributed by atoms with Gasteiger partial charge in [-0.15, -0.1) is 0 Å². The van der Waals surface area contributed by atoms with Gasteiger partial charge in [0.2, 0.25) is 0 Å². The van der Waals surface area contributed by atoms with Crippen molar-refractivity contribution in [3.8, 4) is 0 Å². The van der Waals surface area contributed by atoms with Gasteiger partial charge >= 0.3 is 5.38 Å². The molecule has 13 heavy (non-hydrogen) atoms. The van der Waals surface area contributed by atoms with Gasteiger partial charge in [-0.3, -0.25) is 0 Å². The molecule has 0 heterocycles. The van der Waals surface area contributed by atoms with E-state index in [0.717, 1.165) is 24.3 Å². The normalized spacial score (nSPS) is 14.2. The van der Waals surface area contributed by atoms with Crippen LogP contribution in [-0.2, 0) is 0 Å². The van der Waals surface area contributed by atoms with Crippen molar-refractivity contribution >= 4 is 11.6 Å². The number of aliphatic hydroxyl groups is 1. The fraction of sp³-hybridized carbons (Fsp3) is 0.250. The van der Waals surface area contributed by atoms with Gasteiger partial charge in [-0.2, -0.15) is 8.78 Å². The molecular formula is C8H6ClF3O. The van der Waals surface area contributed by atoms with E-state index in [-0.39, 0.29) is 5.56 Å². The van der Waals surface area contributed by atoms with Crippen molar-refractivity contribution < 1.29 is 18.3 Å². The van der Waals surface area contributed by atoms with Crippen LogP contribution < -0.4 is 0 Å². The van der Waals surface area contributed by atoms with E-state index in [4.69, 9.17) is 5.11 Å². The van der Waals surface area contributed by atoms with Gasteiger partial charge in [0.05, 0.1) is 0 Å². The lowest BCUT2D eigenvalue weighted by Crippen LogP contribution is -2.18. The highest BCUT2D eigenvalue weighted by molar-refractivity contribution is 6.22. The Morgan fingerprint density at radius 3 is 2.08 bits per heavy atom. The maximum Gasteiger partial charge on any atom is 0.351 e. The van der Waals surface area contributed by atoms with E-state index in [9.17, 15) is 13.2 Å². The largest absolute Gasteiger partial charge is 0.381 e. The van der Waals surface area contributed by atoms with Crippen LogP contribution in [-0.4, -0.2) is 10.5 Å². The smallest absolute Gasteiger partial charge is 0.351 e. The van der Waals surface area contributed by atoms with Crippen molar-refractivity contribution in [1.82, 2.24) is 0 Å². The quantitative estimate of drug-likeness (QED) is 0.745. The van der Waals surface area contributed by atoms with Crippen molar-refractivity contribution in [2.24, 2.45) is 0 Å². The SMILES string of the molecule is OC(c1ccc(F)cc1)C(F)(F)Cl. The van der Waals surface area contributed by atoms with Crippen LogP contribution in [0.4, 0.5) is 13.2 Å². The Kier molecular flexibility index (Phi) is 2.83. The monoisotopic (exact) mass is 210 g/mol. The van der Waals surface area contributed by atoms with Crippen LogP contribution in [0.1, 0.15) is 11.7 Å². The average molecular weight is 211 g/mol. The Bertz CT molecular complexity index is 280. The first-order valence-corrected chi connectivity index (χ1v) is 3.79. The lowest BCUT2D eigenvalue weighted by Gasteiger charge is -2.15. The minimum atomic E-state index is -3.74. The standard InChI is InChI=1S/C8H6ClF3O/c9-8(11,12)7(13)5-1-3-6(10)4-2-5/h1-4,7,13H. The van der Waals surface area contributed by atoms with E-state index >= 15 is 0 Å². The number of benzene rings is 1. The molecule has 0 saturated heterocycles. The summed E-state index contributed by atoms with van der Waals surface area (Å²) in [5.74, 6) is -0.561. The molecule has 0 aromatic heterocycles. The maximum absolute atomic E-state index is 12.3. The summed E-state index contributed by atoms with van der Waals surface area (Å²) >= 11 is 4.58. The van der Waals surface area contributed by atoms with Crippen molar-refractivity contribution in [1.29, 1.82) is 0 Å². The summed E-state index contributed by atoms with van der Waals surface area (Å²) in [6.45, 7) is 0. The molecule has 1 nitrogen and oxygen atoms in total. The number of aliphatic hydroxyl groups excluding tert-OH is 1. The maximum atomic E-state index is 12.3. The van der Waals surface area contributed by atoms with E-state index in [1.807, 2.05) is 0 Å². The highest BCUT2D eigenvalue weighted by Crippen LogP contribution is 2.34. The van der Waals surface area contributed by atoms with Gasteiger partial charge in [0.25, 0.3) is 0 Å². The molecule has 0 saturated carbocycles. The highest BCUT2D eigenvalue weighted by Gasteiger charge is 2.36. The fourth-order valence-corrected chi connectivity index (χ4v) is 0.960. The first kappa shape index (κ1) is 10.3. The zero-order chi connectivity index (χ0) is 10.1. The summed E-state index contributed by atoms with van der Waals surface area (Å²) < 4.78 is 37.0. The summed E-state index contributed by atoms with van der Waals surface area (Å²) in [5, 5.41) is 5.21. The Morgan fingerprint density at radius 1 is 1.23 bits per heavy atom. The van der Waals surface area contributed by atoms with Gasteiger partial charge in [0.1, 0.15) is 5.82 Å². The molecule has 0 radical (unpaired) electrons. The molecule has 1 rings (SSSR count). The van der Waals surface area contributed by atoms with Crippen molar-refractivity contribution in [3.05, 3.63) is 35.6 Å². The topological polar surface area (TPSA) is 20.2 Å².